The van der Waals surface area contributed by atoms with E-state index in [2.05, 4.69) is 84.7 Å². The SMILES string of the molecule is C=C=C(C(=C)CCCCCC(C)=O)C1=CC=C(Cc2cc3c(cc2C)C(C)(C)CCC3(C)C)C1CC.CC. The molecule has 0 aromatic heterocycles. The van der Waals surface area contributed by atoms with Gasteiger partial charge in [0, 0.05) is 17.9 Å². The quantitative estimate of drug-likeness (QED) is 0.163. The van der Waals surface area contributed by atoms with Gasteiger partial charge in [0.05, 0.1) is 0 Å². The molecule has 0 fully saturated rings. The van der Waals surface area contributed by atoms with Gasteiger partial charge in [-0.25, -0.2) is 0 Å². The summed E-state index contributed by atoms with van der Waals surface area (Å²) in [4.78, 5) is 11.2. The third-order valence-electron chi connectivity index (χ3n) is 8.74. The van der Waals surface area contributed by atoms with E-state index in [4.69, 9.17) is 0 Å². The van der Waals surface area contributed by atoms with Crippen molar-refractivity contribution in [3.05, 3.63) is 87.7 Å². The number of carbonyl (C=O) groups excluding carboxylic acids is 1. The minimum Gasteiger partial charge on any atom is -0.300 e. The molecular weight excluding hydrogens is 460 g/mol. The van der Waals surface area contributed by atoms with Crippen molar-refractivity contribution in [1.29, 1.82) is 0 Å². The molecule has 1 nitrogen and oxygen atoms in total. The maximum atomic E-state index is 11.2. The maximum absolute atomic E-state index is 11.2. The Morgan fingerprint density at radius 2 is 1.55 bits per heavy atom. The van der Waals surface area contributed by atoms with Gasteiger partial charge in [0.2, 0.25) is 0 Å². The molecule has 1 heteroatoms. The first-order valence-electron chi connectivity index (χ1n) is 15.0. The number of aryl methyl sites for hydroxylation is 1. The average molecular weight is 515 g/mol. The molecule has 0 bridgehead atoms. The van der Waals surface area contributed by atoms with Crippen LogP contribution in [0, 0.1) is 12.8 Å². The molecule has 2 aliphatic carbocycles. The van der Waals surface area contributed by atoms with Crippen LogP contribution >= 0.6 is 0 Å². The summed E-state index contributed by atoms with van der Waals surface area (Å²) in [5.74, 6) is 0.672. The second-order valence-corrected chi connectivity index (χ2v) is 12.5. The Hall–Kier alpha value is -2.37. The van der Waals surface area contributed by atoms with Gasteiger partial charge in [-0.2, -0.15) is 0 Å². The Bertz CT molecular complexity index is 1130. The molecule has 0 radical (unpaired) electrons. The van der Waals surface area contributed by atoms with E-state index in [-0.39, 0.29) is 16.6 Å². The molecule has 38 heavy (non-hydrogen) atoms. The molecule has 1 aromatic carbocycles. The van der Waals surface area contributed by atoms with Gasteiger partial charge in [-0.3, -0.25) is 0 Å². The minimum absolute atomic E-state index is 0.228. The van der Waals surface area contributed by atoms with E-state index in [1.807, 2.05) is 13.8 Å². The summed E-state index contributed by atoms with van der Waals surface area (Å²) >= 11 is 0. The van der Waals surface area contributed by atoms with Crippen molar-refractivity contribution in [2.75, 3.05) is 0 Å². The lowest BCUT2D eigenvalue weighted by atomic mass is 9.62. The number of ketones is 1. The van der Waals surface area contributed by atoms with Crippen LogP contribution in [0.5, 0.6) is 0 Å². The van der Waals surface area contributed by atoms with Crippen molar-refractivity contribution >= 4 is 5.78 Å². The van der Waals surface area contributed by atoms with Gasteiger partial charge < -0.3 is 4.79 Å². The molecule has 0 saturated heterocycles. The minimum atomic E-state index is 0.228. The Kier molecular flexibility index (Phi) is 11.4. The molecule has 0 N–H and O–H groups in total. The van der Waals surface area contributed by atoms with E-state index >= 15 is 0 Å². The van der Waals surface area contributed by atoms with Crippen LogP contribution in [0.3, 0.4) is 0 Å². The van der Waals surface area contributed by atoms with Crippen LogP contribution in [0.2, 0.25) is 0 Å². The van der Waals surface area contributed by atoms with E-state index in [1.165, 1.54) is 35.1 Å². The second-order valence-electron chi connectivity index (χ2n) is 12.5. The second kappa shape index (κ2) is 13.6. The first-order valence-corrected chi connectivity index (χ1v) is 15.0. The average Bonchev–Trinajstić information content (AvgIpc) is 3.26. The van der Waals surface area contributed by atoms with E-state index in [0.717, 1.165) is 49.7 Å². The zero-order valence-electron chi connectivity index (χ0n) is 26.1. The Morgan fingerprint density at radius 3 is 2.11 bits per heavy atom. The number of rotatable bonds is 11. The Labute approximate surface area is 234 Å². The lowest BCUT2D eigenvalue weighted by Crippen LogP contribution is -2.34. The highest BCUT2D eigenvalue weighted by atomic mass is 16.1. The van der Waals surface area contributed by atoms with Crippen LogP contribution in [-0.2, 0) is 22.0 Å². The van der Waals surface area contributed by atoms with Gasteiger partial charge in [-0.15, -0.1) is 5.73 Å². The molecule has 0 aliphatic heterocycles. The van der Waals surface area contributed by atoms with Crippen LogP contribution in [-0.4, -0.2) is 5.78 Å². The summed E-state index contributed by atoms with van der Waals surface area (Å²) in [5.41, 5.74) is 14.7. The van der Waals surface area contributed by atoms with E-state index in [0.29, 0.717) is 12.3 Å². The number of unbranched alkanes of at least 4 members (excludes halogenated alkanes) is 2. The lowest BCUT2D eigenvalue weighted by Gasteiger charge is -2.42. The molecule has 0 heterocycles. The molecule has 2 aliphatic rings. The fourth-order valence-corrected chi connectivity index (χ4v) is 6.17. The van der Waals surface area contributed by atoms with Crippen molar-refractivity contribution in [2.24, 2.45) is 5.92 Å². The maximum Gasteiger partial charge on any atom is 0.129 e. The largest absolute Gasteiger partial charge is 0.300 e. The number of fused-ring (bicyclic) bond motifs is 1. The van der Waals surface area contributed by atoms with E-state index in [9.17, 15) is 4.79 Å². The molecule has 1 atom stereocenters. The van der Waals surface area contributed by atoms with Gasteiger partial charge >= 0.3 is 0 Å². The zero-order chi connectivity index (χ0) is 28.7. The molecule has 0 spiro atoms. The molecular formula is C37H54O. The summed E-state index contributed by atoms with van der Waals surface area (Å²) in [6, 6.07) is 5.01. The third-order valence-corrected chi connectivity index (χ3v) is 8.74. The fraction of sp³-hybridized carbons (Fsp3) is 0.568. The van der Waals surface area contributed by atoms with Gasteiger partial charge in [-0.1, -0.05) is 97.9 Å². The van der Waals surface area contributed by atoms with Gasteiger partial charge in [-0.05, 0) is 103 Å². The summed E-state index contributed by atoms with van der Waals surface area (Å²) in [7, 11) is 0. The number of carbonyl (C=O) groups is 1. The highest BCUT2D eigenvalue weighted by Gasteiger charge is 2.37. The predicted molar refractivity (Wildman–Crippen MR) is 167 cm³/mol. The molecule has 208 valence electrons. The molecule has 0 amide bonds. The van der Waals surface area contributed by atoms with Crippen LogP contribution in [0.15, 0.2) is 65.5 Å². The van der Waals surface area contributed by atoms with Crippen LogP contribution in [0.4, 0.5) is 0 Å². The monoisotopic (exact) mass is 514 g/mol. The molecule has 3 rings (SSSR count). The van der Waals surface area contributed by atoms with Crippen LogP contribution < -0.4 is 0 Å². The topological polar surface area (TPSA) is 17.1 Å². The summed E-state index contributed by atoms with van der Waals surface area (Å²) in [6.07, 6.45) is 13.9. The zero-order valence-corrected chi connectivity index (χ0v) is 26.1. The number of allylic oxidation sites excluding steroid dienone is 6. The van der Waals surface area contributed by atoms with Crippen LogP contribution in [0.25, 0.3) is 0 Å². The smallest absolute Gasteiger partial charge is 0.129 e. The van der Waals surface area contributed by atoms with Crippen molar-refractivity contribution < 1.29 is 4.79 Å². The van der Waals surface area contributed by atoms with Gasteiger partial charge in [0.25, 0.3) is 0 Å². The number of Topliss-reactive ketones (excluding diaryl/α,β-unsaturated/α-hetero) is 1. The third kappa shape index (κ3) is 7.39. The Morgan fingerprint density at radius 1 is 0.974 bits per heavy atom. The molecule has 1 aromatic rings. The highest BCUT2D eigenvalue weighted by molar-refractivity contribution is 5.75. The van der Waals surface area contributed by atoms with E-state index < -0.39 is 0 Å². The predicted octanol–water partition coefficient (Wildman–Crippen LogP) is 10.6. The summed E-state index contributed by atoms with van der Waals surface area (Å²) < 4.78 is 0. The molecule has 0 saturated carbocycles. The Balaban J connectivity index is 0.00000247. The summed E-state index contributed by atoms with van der Waals surface area (Å²) in [6.45, 7) is 28.3. The standard InChI is InChI=1S/C35H48O.C2H6/c1-10-29(24(3)15-13-12-14-16-26(5)36)31-18-17-27(30(31)11-2)22-28-23-33-32(21-25(28)4)34(6,7)19-20-35(33,8)9;1-2/h17-18,21,23,30H,1,3,11-16,19-20,22H2,2,4-9H3;1-2H3. The number of hydrogen-bond acceptors (Lipinski definition) is 1. The number of benzene rings is 1. The highest BCUT2D eigenvalue weighted by Crippen LogP contribution is 2.47. The lowest BCUT2D eigenvalue weighted by molar-refractivity contribution is -0.117. The van der Waals surface area contributed by atoms with Crippen molar-refractivity contribution in [3.8, 4) is 0 Å². The van der Waals surface area contributed by atoms with Gasteiger partial charge in [0.15, 0.2) is 0 Å². The van der Waals surface area contributed by atoms with Crippen molar-refractivity contribution in [2.45, 2.75) is 131 Å². The fourth-order valence-electron chi connectivity index (χ4n) is 6.17. The first-order chi connectivity index (χ1) is 17.9. The van der Waals surface area contributed by atoms with Crippen molar-refractivity contribution in [3.63, 3.8) is 0 Å². The van der Waals surface area contributed by atoms with Crippen molar-refractivity contribution in [1.82, 2.24) is 0 Å². The van der Waals surface area contributed by atoms with Crippen LogP contribution in [0.1, 0.15) is 129 Å². The summed E-state index contributed by atoms with van der Waals surface area (Å²) in [5, 5.41) is 0. The normalized spacial score (nSPS) is 18.8. The van der Waals surface area contributed by atoms with E-state index in [1.54, 1.807) is 18.1 Å². The first kappa shape index (κ1) is 31.8. The van der Waals surface area contributed by atoms with Gasteiger partial charge in [0.1, 0.15) is 5.78 Å². The number of hydrogen-bond donors (Lipinski definition) is 0. The molecule has 1 unspecified atom stereocenters.